The molecule has 0 radical (unpaired) electrons. The van der Waals surface area contributed by atoms with E-state index < -0.39 is 0 Å². The van der Waals surface area contributed by atoms with Crippen LogP contribution in [0.4, 0.5) is 0 Å². The number of nitrogens with one attached hydrogen (secondary N) is 1. The van der Waals surface area contributed by atoms with Crippen molar-refractivity contribution < 1.29 is 9.53 Å². The molecule has 0 bridgehead atoms. The van der Waals surface area contributed by atoms with Gasteiger partial charge in [0.2, 0.25) is 5.91 Å². The fourth-order valence-corrected chi connectivity index (χ4v) is 3.72. The first-order valence-electron chi connectivity index (χ1n) is 8.66. The van der Waals surface area contributed by atoms with Crippen molar-refractivity contribution in [1.29, 1.82) is 0 Å². The fraction of sp³-hybridized carbons (Fsp3) is 0.526. The van der Waals surface area contributed by atoms with Gasteiger partial charge in [0.25, 0.3) is 0 Å². The number of carbonyl (C=O) groups is 1. The molecule has 0 spiro atoms. The predicted octanol–water partition coefficient (Wildman–Crippen LogP) is 3.00. The first-order chi connectivity index (χ1) is 11.4. The number of hydrogen-bond donors (Lipinski definition) is 2. The average molecular weight is 329 g/mol. The monoisotopic (exact) mass is 329 g/mol. The summed E-state index contributed by atoms with van der Waals surface area (Å²) in [6.45, 7) is 6.84. The Balaban J connectivity index is 2.04. The molecule has 1 aliphatic heterocycles. The van der Waals surface area contributed by atoms with Gasteiger partial charge in [-0.15, -0.1) is 0 Å². The summed E-state index contributed by atoms with van der Waals surface area (Å²) in [4.78, 5) is 18.2. The van der Waals surface area contributed by atoms with E-state index in [9.17, 15) is 4.79 Å². The van der Waals surface area contributed by atoms with Crippen LogP contribution in [0.25, 0.3) is 10.9 Å². The number of nitrogens with two attached hydrogens (primary N) is 1. The first-order valence-corrected chi connectivity index (χ1v) is 8.66. The van der Waals surface area contributed by atoms with Crippen molar-refractivity contribution >= 4 is 16.8 Å². The minimum atomic E-state index is -0.130. The fourth-order valence-electron chi connectivity index (χ4n) is 3.72. The van der Waals surface area contributed by atoms with Crippen molar-refractivity contribution in [2.24, 2.45) is 11.7 Å². The van der Waals surface area contributed by atoms with Crippen LogP contribution in [0.15, 0.2) is 18.2 Å². The molecule has 1 aromatic carbocycles. The molecule has 1 aromatic heterocycles. The highest BCUT2D eigenvalue weighted by atomic mass is 16.5. The Morgan fingerprint density at radius 3 is 2.79 bits per heavy atom. The first kappa shape index (κ1) is 16.8. The molecule has 2 heterocycles. The molecule has 0 saturated heterocycles. The number of hydrogen-bond acceptors (Lipinski definition) is 3. The van der Waals surface area contributed by atoms with Gasteiger partial charge >= 0.3 is 0 Å². The number of fused-ring (bicyclic) bond motifs is 3. The maximum Gasteiger partial charge on any atom is 0.223 e. The molecule has 2 atom stereocenters. The second-order valence-electron chi connectivity index (χ2n) is 7.17. The molecular weight excluding hydrogens is 302 g/mol. The van der Waals surface area contributed by atoms with E-state index in [1.807, 2.05) is 24.0 Å². The van der Waals surface area contributed by atoms with Crippen LogP contribution in [-0.2, 0) is 11.2 Å². The zero-order valence-corrected chi connectivity index (χ0v) is 14.9. The van der Waals surface area contributed by atoms with Crippen LogP contribution in [0.3, 0.4) is 0 Å². The average Bonchev–Trinajstić information content (AvgIpc) is 2.90. The summed E-state index contributed by atoms with van der Waals surface area (Å²) >= 11 is 0. The summed E-state index contributed by atoms with van der Waals surface area (Å²) in [7, 11) is 1.68. The zero-order valence-electron chi connectivity index (χ0n) is 14.9. The van der Waals surface area contributed by atoms with Crippen molar-refractivity contribution in [3.63, 3.8) is 0 Å². The number of aromatic nitrogens is 1. The lowest BCUT2D eigenvalue weighted by Gasteiger charge is -2.38. The molecule has 24 heavy (non-hydrogen) atoms. The maximum atomic E-state index is 12.7. The standard InChI is InChI=1S/C19H27N3O2/c1-11(2)9-17(23)22-8-7-14-15-10-13(24-4)5-6-16(15)21-18(14)19(22)12(3)20/h5-6,10-12,19,21H,7-9,20H2,1-4H3. The van der Waals surface area contributed by atoms with Crippen molar-refractivity contribution in [3.8, 4) is 5.75 Å². The smallest absolute Gasteiger partial charge is 0.223 e. The Morgan fingerprint density at radius 1 is 1.42 bits per heavy atom. The summed E-state index contributed by atoms with van der Waals surface area (Å²) in [5.41, 5.74) is 9.70. The lowest BCUT2D eigenvalue weighted by atomic mass is 9.92. The highest BCUT2D eigenvalue weighted by Gasteiger charge is 2.35. The lowest BCUT2D eigenvalue weighted by Crippen LogP contribution is -2.47. The quantitative estimate of drug-likeness (QED) is 0.906. The largest absolute Gasteiger partial charge is 0.497 e. The molecule has 3 rings (SSSR count). The van der Waals surface area contributed by atoms with Gasteiger partial charge in [-0.1, -0.05) is 13.8 Å². The molecule has 2 aromatic rings. The van der Waals surface area contributed by atoms with E-state index in [1.54, 1.807) is 7.11 Å². The van der Waals surface area contributed by atoms with E-state index in [4.69, 9.17) is 10.5 Å². The normalized spacial score (nSPS) is 18.8. The molecular formula is C19H27N3O2. The van der Waals surface area contributed by atoms with Gasteiger partial charge in [0.05, 0.1) is 13.2 Å². The van der Waals surface area contributed by atoms with Crippen LogP contribution in [-0.4, -0.2) is 35.5 Å². The van der Waals surface area contributed by atoms with Gasteiger partial charge in [0.15, 0.2) is 0 Å². The molecule has 0 aliphatic carbocycles. The van der Waals surface area contributed by atoms with Gasteiger partial charge in [-0.25, -0.2) is 0 Å². The highest BCUT2D eigenvalue weighted by molar-refractivity contribution is 5.87. The SMILES string of the molecule is COc1ccc2[nH]c3c(c2c1)CCN(C(=O)CC(C)C)C3C(C)N. The number of benzene rings is 1. The Hall–Kier alpha value is -2.01. The van der Waals surface area contributed by atoms with Gasteiger partial charge in [0, 0.05) is 35.6 Å². The number of methoxy groups -OCH3 is 1. The van der Waals surface area contributed by atoms with Crippen LogP contribution in [0.1, 0.15) is 44.5 Å². The molecule has 5 heteroatoms. The third kappa shape index (κ3) is 2.88. The Morgan fingerprint density at radius 2 is 2.17 bits per heavy atom. The second-order valence-corrected chi connectivity index (χ2v) is 7.17. The van der Waals surface area contributed by atoms with Crippen LogP contribution in [0.2, 0.25) is 0 Å². The summed E-state index contributed by atoms with van der Waals surface area (Å²) in [5, 5.41) is 1.17. The van der Waals surface area contributed by atoms with E-state index in [0.29, 0.717) is 12.3 Å². The number of carbonyl (C=O) groups excluding carboxylic acids is 1. The molecule has 1 amide bonds. The van der Waals surface area contributed by atoms with E-state index in [1.165, 1.54) is 10.9 Å². The highest BCUT2D eigenvalue weighted by Crippen LogP contribution is 2.37. The van der Waals surface area contributed by atoms with Crippen LogP contribution < -0.4 is 10.5 Å². The van der Waals surface area contributed by atoms with Gasteiger partial charge in [-0.2, -0.15) is 0 Å². The van der Waals surface area contributed by atoms with Crippen molar-refractivity contribution in [3.05, 3.63) is 29.5 Å². The van der Waals surface area contributed by atoms with Crippen LogP contribution in [0, 0.1) is 5.92 Å². The summed E-state index contributed by atoms with van der Waals surface area (Å²) in [6, 6.07) is 5.82. The number of rotatable bonds is 4. The van der Waals surface area contributed by atoms with Crippen molar-refractivity contribution in [1.82, 2.24) is 9.88 Å². The zero-order chi connectivity index (χ0) is 17.4. The third-order valence-corrected chi connectivity index (χ3v) is 4.78. The molecule has 5 nitrogen and oxygen atoms in total. The Kier molecular flexibility index (Phi) is 4.54. The molecule has 3 N–H and O–H groups in total. The van der Waals surface area contributed by atoms with Crippen molar-refractivity contribution in [2.75, 3.05) is 13.7 Å². The van der Waals surface area contributed by atoms with Crippen LogP contribution in [0.5, 0.6) is 5.75 Å². The molecule has 0 saturated carbocycles. The van der Waals surface area contributed by atoms with E-state index >= 15 is 0 Å². The van der Waals surface area contributed by atoms with E-state index in [2.05, 4.69) is 24.9 Å². The minimum absolute atomic E-state index is 0.0987. The maximum absolute atomic E-state index is 12.7. The summed E-state index contributed by atoms with van der Waals surface area (Å²) < 4.78 is 5.36. The molecule has 2 unspecified atom stereocenters. The second kappa shape index (κ2) is 6.48. The molecule has 1 aliphatic rings. The van der Waals surface area contributed by atoms with Gasteiger partial charge < -0.3 is 20.4 Å². The Labute approximate surface area is 143 Å². The molecule has 0 fully saturated rings. The topological polar surface area (TPSA) is 71.3 Å². The van der Waals surface area contributed by atoms with Gasteiger partial charge in [-0.05, 0) is 43.0 Å². The van der Waals surface area contributed by atoms with Gasteiger partial charge in [-0.3, -0.25) is 4.79 Å². The number of nitrogens with zero attached hydrogens (tertiary/aromatic N) is 1. The predicted molar refractivity (Wildman–Crippen MR) is 96.1 cm³/mol. The van der Waals surface area contributed by atoms with E-state index in [-0.39, 0.29) is 18.0 Å². The Bertz CT molecular complexity index is 748. The number of amides is 1. The summed E-state index contributed by atoms with van der Waals surface area (Å²) in [5.74, 6) is 1.38. The molecule has 130 valence electrons. The van der Waals surface area contributed by atoms with Crippen LogP contribution >= 0.6 is 0 Å². The van der Waals surface area contributed by atoms with E-state index in [0.717, 1.165) is 29.9 Å². The number of H-pyrrole nitrogens is 1. The minimum Gasteiger partial charge on any atom is -0.497 e. The van der Waals surface area contributed by atoms with Crippen molar-refractivity contribution in [2.45, 2.75) is 45.7 Å². The number of ether oxygens (including phenoxy) is 1. The third-order valence-electron chi connectivity index (χ3n) is 4.78. The van der Waals surface area contributed by atoms with Gasteiger partial charge in [0.1, 0.15) is 5.75 Å². The lowest BCUT2D eigenvalue weighted by molar-refractivity contribution is -0.135. The number of aromatic amines is 1. The summed E-state index contributed by atoms with van der Waals surface area (Å²) in [6.07, 6.45) is 1.40.